The van der Waals surface area contributed by atoms with Crippen LogP contribution in [0.4, 0.5) is 0 Å². The van der Waals surface area contributed by atoms with Gasteiger partial charge in [0.25, 0.3) is 0 Å². The van der Waals surface area contributed by atoms with Crippen LogP contribution in [0, 0.1) is 34.0 Å². The van der Waals surface area contributed by atoms with Crippen molar-refractivity contribution in [3.63, 3.8) is 0 Å². The number of rotatable bonds is 4. The zero-order chi connectivity index (χ0) is 23.6. The topological polar surface area (TPSA) is 46.5 Å². The van der Waals surface area contributed by atoms with Crippen LogP contribution in [0.25, 0.3) is 0 Å². The molecule has 31 heavy (non-hydrogen) atoms. The van der Waals surface area contributed by atoms with Crippen molar-refractivity contribution in [1.29, 1.82) is 0 Å². The second kappa shape index (κ2) is 11.8. The van der Waals surface area contributed by atoms with Crippen molar-refractivity contribution in [2.75, 3.05) is 6.61 Å². The molecule has 0 radical (unpaired) electrons. The Labute approximate surface area is 227 Å². The maximum atomic E-state index is 12.0. The van der Waals surface area contributed by atoms with Gasteiger partial charge in [-0.3, -0.25) is 0 Å². The Balaban J connectivity index is 0.000000785. The monoisotopic (exact) mass is 808 g/mol. The van der Waals surface area contributed by atoms with Crippen LogP contribution in [0.3, 0.4) is 0 Å². The number of hydrogen-bond donors (Lipinski definition) is 1. The Morgan fingerprint density at radius 2 is 1.74 bits per heavy atom. The van der Waals surface area contributed by atoms with E-state index in [0.29, 0.717) is 27.7 Å². The normalized spacial score (nSPS) is 44.0. The number of aliphatic hydroxyl groups excluding tert-OH is 1. The molecule has 7 heteroatoms. The molecule has 0 aromatic rings. The SMILES string of the molecule is CC[C@@]1(C)CCC2[C@](C)(CC)[C@H](C)CC[C@]2(C)[C@H]1C/C=C1/C(=O)OC[C@H]1O.[I][V]([I])[I]. The quantitative estimate of drug-likeness (QED) is 0.177. The van der Waals surface area contributed by atoms with E-state index in [1.54, 1.807) is 0 Å². The molecule has 180 valence electrons. The van der Waals surface area contributed by atoms with Crippen molar-refractivity contribution in [2.45, 2.75) is 92.6 Å². The van der Waals surface area contributed by atoms with Crippen LogP contribution in [-0.4, -0.2) is 23.8 Å². The standard InChI is InChI=1S/C24H40O3.3HI.V/c1-7-22(4)13-12-20-23(5,8-2)16(3)11-14-24(20,6)19(22)10-9-17-18(25)15-27-21(17)26;;;;/h9,16,18-20,25H,7-8,10-15H2,1-6H3;3*1H;/q;;;;+3/p-3/b17-9+;;;;/t16-,18-,19+,20?,22+,23-,24-;;;;/m1..../s1. The van der Waals surface area contributed by atoms with Crippen molar-refractivity contribution >= 4 is 65.9 Å². The molecule has 1 aliphatic heterocycles. The van der Waals surface area contributed by atoms with Crippen molar-refractivity contribution in [3.8, 4) is 0 Å². The van der Waals surface area contributed by atoms with Gasteiger partial charge in [-0.25, -0.2) is 4.79 Å². The molecular formula is C24H40I3O3V. The number of fused-ring (bicyclic) bond motifs is 1. The second-order valence-electron chi connectivity index (χ2n) is 10.7. The zero-order valence-electron chi connectivity index (χ0n) is 19.9. The molecular weight excluding hydrogens is 768 g/mol. The van der Waals surface area contributed by atoms with Gasteiger partial charge in [0, 0.05) is 0 Å². The Kier molecular flexibility index (Phi) is 11.1. The van der Waals surface area contributed by atoms with Crippen LogP contribution in [0.15, 0.2) is 11.6 Å². The summed E-state index contributed by atoms with van der Waals surface area (Å²) in [6.45, 7) is 14.8. The summed E-state index contributed by atoms with van der Waals surface area (Å²) in [5.74, 6) is 1.73. The summed E-state index contributed by atoms with van der Waals surface area (Å²) in [6, 6.07) is 0. The average Bonchev–Trinajstić information content (AvgIpc) is 3.02. The Hall–Kier alpha value is 1.94. The molecule has 3 rings (SSSR count). The minimum atomic E-state index is -0.745. The molecule has 7 atom stereocenters. The van der Waals surface area contributed by atoms with Crippen LogP contribution in [0.2, 0.25) is 0 Å². The number of halogens is 3. The van der Waals surface area contributed by atoms with Gasteiger partial charge in [0.1, 0.15) is 12.7 Å². The zero-order valence-corrected chi connectivity index (χ0v) is 27.8. The molecule has 1 saturated heterocycles. The minimum absolute atomic E-state index is 0.117. The summed E-state index contributed by atoms with van der Waals surface area (Å²) in [4.78, 5) is 11.7. The summed E-state index contributed by atoms with van der Waals surface area (Å²) >= 11 is 7.39. The van der Waals surface area contributed by atoms with E-state index in [2.05, 4.69) is 101 Å². The number of allylic oxidation sites excluding steroid dienone is 1. The van der Waals surface area contributed by atoms with Crippen molar-refractivity contribution in [2.24, 2.45) is 34.0 Å². The number of carbonyl (C=O) groups is 1. The molecule has 0 aromatic heterocycles. The van der Waals surface area contributed by atoms with Crippen molar-refractivity contribution in [1.82, 2.24) is 0 Å². The predicted octanol–water partition coefficient (Wildman–Crippen LogP) is 8.17. The Bertz CT molecular complexity index is 670. The van der Waals surface area contributed by atoms with Gasteiger partial charge in [-0.1, -0.05) is 60.5 Å². The first-order valence-electron chi connectivity index (χ1n) is 11.7. The second-order valence-corrected chi connectivity index (χ2v) is 46.0. The van der Waals surface area contributed by atoms with Gasteiger partial charge in [-0.15, -0.1) is 0 Å². The Morgan fingerprint density at radius 3 is 2.23 bits per heavy atom. The third-order valence-electron chi connectivity index (χ3n) is 9.59. The van der Waals surface area contributed by atoms with Gasteiger partial charge in [0.2, 0.25) is 0 Å². The van der Waals surface area contributed by atoms with E-state index in [0.717, 1.165) is 18.3 Å². The summed E-state index contributed by atoms with van der Waals surface area (Å²) in [5.41, 5.74) is 1.48. The van der Waals surface area contributed by atoms with Crippen LogP contribution >= 0.6 is 59.9 Å². The summed E-state index contributed by atoms with van der Waals surface area (Å²) in [7, 11) is 0. The third-order valence-corrected chi connectivity index (χ3v) is 9.59. The van der Waals surface area contributed by atoms with E-state index in [4.69, 9.17) is 4.74 Å². The van der Waals surface area contributed by atoms with E-state index in [9.17, 15) is 9.90 Å². The van der Waals surface area contributed by atoms with Crippen LogP contribution < -0.4 is 0 Å². The van der Waals surface area contributed by atoms with E-state index in [1.165, 1.54) is 38.5 Å². The third kappa shape index (κ3) is 6.20. The Morgan fingerprint density at radius 1 is 1.13 bits per heavy atom. The van der Waals surface area contributed by atoms with Crippen molar-refractivity contribution in [3.05, 3.63) is 11.6 Å². The molecule has 0 bridgehead atoms. The van der Waals surface area contributed by atoms with Gasteiger partial charge in [0.05, 0.1) is 5.57 Å². The maximum absolute atomic E-state index is 12.0. The number of hydrogen-bond acceptors (Lipinski definition) is 3. The average molecular weight is 808 g/mol. The summed E-state index contributed by atoms with van der Waals surface area (Å²) in [5, 5.41) is 10.1. The van der Waals surface area contributed by atoms with Crippen molar-refractivity contribution < 1.29 is 19.6 Å². The summed E-state index contributed by atoms with van der Waals surface area (Å²) < 4.78 is 5.04. The molecule has 3 nitrogen and oxygen atoms in total. The molecule has 1 N–H and O–H groups in total. The molecule has 0 spiro atoms. The molecule has 1 unspecified atom stereocenters. The van der Waals surface area contributed by atoms with Crippen LogP contribution in [0.5, 0.6) is 0 Å². The van der Waals surface area contributed by atoms with Gasteiger partial charge in [0.15, 0.2) is 0 Å². The number of carbonyl (C=O) groups excluding carboxylic acids is 1. The predicted molar refractivity (Wildman–Crippen MR) is 151 cm³/mol. The fourth-order valence-electron chi connectivity index (χ4n) is 7.15. The van der Waals surface area contributed by atoms with E-state index in [-0.39, 0.29) is 17.5 Å². The fourth-order valence-corrected chi connectivity index (χ4v) is 7.15. The molecule has 1 heterocycles. The van der Waals surface area contributed by atoms with E-state index < -0.39 is 6.10 Å². The number of aliphatic hydroxyl groups is 1. The molecule has 2 aliphatic carbocycles. The number of cyclic esters (lactones) is 1. The first-order valence-corrected chi connectivity index (χ1v) is 25.2. The number of ether oxygens (including phenoxy) is 1. The molecule has 2 saturated carbocycles. The fraction of sp³-hybridized carbons (Fsp3) is 0.875. The van der Waals surface area contributed by atoms with E-state index >= 15 is 0 Å². The first kappa shape index (κ1) is 29.2. The molecule has 3 aliphatic rings. The molecule has 0 amide bonds. The summed E-state index contributed by atoms with van der Waals surface area (Å²) in [6.07, 6.45) is 9.76. The van der Waals surface area contributed by atoms with Gasteiger partial charge in [-0.2, -0.15) is 0 Å². The van der Waals surface area contributed by atoms with Gasteiger partial charge < -0.3 is 9.84 Å². The van der Waals surface area contributed by atoms with Gasteiger partial charge in [-0.05, 0) is 66.1 Å². The van der Waals surface area contributed by atoms with Crippen LogP contribution in [0.1, 0.15) is 86.5 Å². The molecule has 3 fully saturated rings. The van der Waals surface area contributed by atoms with Gasteiger partial charge >= 0.3 is 70.8 Å². The number of esters is 1. The first-order chi connectivity index (χ1) is 14.4. The molecule has 0 aromatic carbocycles. The van der Waals surface area contributed by atoms with Crippen LogP contribution in [-0.2, 0) is 14.5 Å². The van der Waals surface area contributed by atoms with E-state index in [1.807, 2.05) is 6.08 Å².